The van der Waals surface area contributed by atoms with Gasteiger partial charge in [-0.15, -0.1) is 0 Å². The summed E-state index contributed by atoms with van der Waals surface area (Å²) in [5.41, 5.74) is 1.36. The third-order valence-corrected chi connectivity index (χ3v) is 5.74. The van der Waals surface area contributed by atoms with Gasteiger partial charge in [0.2, 0.25) is 5.91 Å². The number of benzene rings is 2. The molecule has 1 N–H and O–H groups in total. The van der Waals surface area contributed by atoms with Gasteiger partial charge in [0.25, 0.3) is 5.56 Å². The lowest BCUT2D eigenvalue weighted by Crippen LogP contribution is -2.34. The number of nitrogens with zero attached hydrogens (tertiary/aromatic N) is 2. The van der Waals surface area contributed by atoms with Crippen molar-refractivity contribution in [3.8, 4) is 0 Å². The Balaban J connectivity index is 1.80. The molecule has 1 aromatic heterocycles. The monoisotopic (exact) mass is 413 g/mol. The normalized spacial score (nSPS) is 13.2. The molecule has 7 heteroatoms. The van der Waals surface area contributed by atoms with E-state index in [9.17, 15) is 14.0 Å². The van der Waals surface area contributed by atoms with Gasteiger partial charge in [-0.1, -0.05) is 43.0 Å². The third-order valence-electron chi connectivity index (χ3n) is 4.65. The first kappa shape index (κ1) is 21.0. The number of nitrogens with one attached hydrogen (secondary N) is 1. The molecule has 2 atom stereocenters. The first-order valence-corrected chi connectivity index (χ1v) is 10.5. The van der Waals surface area contributed by atoms with Gasteiger partial charge >= 0.3 is 0 Å². The standard InChI is InChI=1S/C22H24FN3O2S/c1-4-13-26-21(28)18-7-5-6-8-19(18)25-22(26)29-15(3)20(27)24-14(2)16-9-11-17(23)12-10-16/h5-12,14-15H,4,13H2,1-3H3,(H,24,27)/t14-,15+/m0/s1. The molecule has 0 aliphatic carbocycles. The van der Waals surface area contributed by atoms with E-state index in [0.717, 1.165) is 12.0 Å². The number of fused-ring (bicyclic) bond motifs is 1. The number of carbonyl (C=O) groups is 1. The molecule has 3 aromatic rings. The van der Waals surface area contributed by atoms with Gasteiger partial charge in [0.05, 0.1) is 22.2 Å². The molecular formula is C22H24FN3O2S. The minimum absolute atomic E-state index is 0.0905. The fraction of sp³-hybridized carbons (Fsp3) is 0.318. The summed E-state index contributed by atoms with van der Waals surface area (Å²) in [4.78, 5) is 30.2. The Morgan fingerprint density at radius 2 is 1.86 bits per heavy atom. The Morgan fingerprint density at radius 3 is 2.55 bits per heavy atom. The van der Waals surface area contributed by atoms with Crippen molar-refractivity contribution in [2.45, 2.75) is 50.2 Å². The molecular weight excluding hydrogens is 389 g/mol. The number of halogens is 1. The smallest absolute Gasteiger partial charge is 0.262 e. The van der Waals surface area contributed by atoms with E-state index >= 15 is 0 Å². The number of amides is 1. The van der Waals surface area contributed by atoms with Crippen LogP contribution in [0.25, 0.3) is 10.9 Å². The minimum atomic E-state index is -0.450. The molecule has 3 rings (SSSR count). The summed E-state index contributed by atoms with van der Waals surface area (Å²) in [6.07, 6.45) is 0.787. The minimum Gasteiger partial charge on any atom is -0.349 e. The van der Waals surface area contributed by atoms with E-state index in [0.29, 0.717) is 22.6 Å². The van der Waals surface area contributed by atoms with Crippen LogP contribution in [-0.4, -0.2) is 20.7 Å². The van der Waals surface area contributed by atoms with Crippen LogP contribution in [0.2, 0.25) is 0 Å². The molecule has 152 valence electrons. The molecule has 0 fully saturated rings. The zero-order valence-corrected chi connectivity index (χ0v) is 17.5. The summed E-state index contributed by atoms with van der Waals surface area (Å²) in [6, 6.07) is 13.0. The molecule has 0 bridgehead atoms. The SMILES string of the molecule is CCCn1c(S[C@H](C)C(=O)N[C@@H](C)c2ccc(F)cc2)nc2ccccc2c1=O. The summed E-state index contributed by atoms with van der Waals surface area (Å²) in [5.74, 6) is -0.482. The van der Waals surface area contributed by atoms with Gasteiger partial charge in [-0.2, -0.15) is 0 Å². The van der Waals surface area contributed by atoms with E-state index in [1.54, 1.807) is 35.8 Å². The third kappa shape index (κ3) is 4.85. The summed E-state index contributed by atoms with van der Waals surface area (Å²) < 4.78 is 14.7. The topological polar surface area (TPSA) is 64.0 Å². The molecule has 0 aliphatic heterocycles. The van der Waals surface area contributed by atoms with Crippen molar-refractivity contribution in [1.29, 1.82) is 0 Å². The van der Waals surface area contributed by atoms with Crippen LogP contribution in [0.1, 0.15) is 38.8 Å². The number of hydrogen-bond donors (Lipinski definition) is 1. The van der Waals surface area contributed by atoms with E-state index in [1.165, 1.54) is 23.9 Å². The first-order valence-electron chi connectivity index (χ1n) is 9.62. The first-order chi connectivity index (χ1) is 13.9. The van der Waals surface area contributed by atoms with Crippen molar-refractivity contribution in [2.24, 2.45) is 0 Å². The molecule has 1 amide bonds. The Hall–Kier alpha value is -2.67. The van der Waals surface area contributed by atoms with Gasteiger partial charge in [-0.25, -0.2) is 9.37 Å². The van der Waals surface area contributed by atoms with Crippen LogP contribution in [-0.2, 0) is 11.3 Å². The van der Waals surface area contributed by atoms with E-state index in [2.05, 4.69) is 10.3 Å². The van der Waals surface area contributed by atoms with Crippen molar-refractivity contribution >= 4 is 28.6 Å². The van der Waals surface area contributed by atoms with Crippen molar-refractivity contribution < 1.29 is 9.18 Å². The Bertz CT molecular complexity index is 1070. The van der Waals surface area contributed by atoms with Gasteiger partial charge in [-0.05, 0) is 50.1 Å². The highest BCUT2D eigenvalue weighted by molar-refractivity contribution is 8.00. The quantitative estimate of drug-likeness (QED) is 0.463. The average Bonchev–Trinajstić information content (AvgIpc) is 2.71. The van der Waals surface area contributed by atoms with Gasteiger partial charge in [0, 0.05) is 6.54 Å². The van der Waals surface area contributed by atoms with Gasteiger partial charge in [0.15, 0.2) is 5.16 Å². The van der Waals surface area contributed by atoms with Crippen molar-refractivity contribution in [2.75, 3.05) is 0 Å². The molecule has 29 heavy (non-hydrogen) atoms. The maximum absolute atomic E-state index is 13.1. The molecule has 5 nitrogen and oxygen atoms in total. The lowest BCUT2D eigenvalue weighted by molar-refractivity contribution is -0.120. The molecule has 0 saturated heterocycles. The average molecular weight is 414 g/mol. The van der Waals surface area contributed by atoms with Gasteiger partial charge < -0.3 is 5.32 Å². The van der Waals surface area contributed by atoms with E-state index in [4.69, 9.17) is 0 Å². The highest BCUT2D eigenvalue weighted by atomic mass is 32.2. The molecule has 0 spiro atoms. The zero-order valence-electron chi connectivity index (χ0n) is 16.7. The van der Waals surface area contributed by atoms with Crippen LogP contribution >= 0.6 is 11.8 Å². The van der Waals surface area contributed by atoms with Crippen LogP contribution in [0.4, 0.5) is 4.39 Å². The largest absolute Gasteiger partial charge is 0.349 e. The fourth-order valence-corrected chi connectivity index (χ4v) is 3.98. The fourth-order valence-electron chi connectivity index (χ4n) is 3.04. The van der Waals surface area contributed by atoms with E-state index in [1.807, 2.05) is 26.0 Å². The second-order valence-electron chi connectivity index (χ2n) is 6.91. The van der Waals surface area contributed by atoms with Crippen molar-refractivity contribution in [1.82, 2.24) is 14.9 Å². The number of aromatic nitrogens is 2. The number of thioether (sulfide) groups is 1. The maximum atomic E-state index is 13.1. The summed E-state index contributed by atoms with van der Waals surface area (Å²) >= 11 is 1.27. The Labute approximate surface area is 173 Å². The number of rotatable bonds is 7. The van der Waals surface area contributed by atoms with Gasteiger partial charge in [0.1, 0.15) is 5.82 Å². The molecule has 2 aromatic carbocycles. The molecule has 0 radical (unpaired) electrons. The Morgan fingerprint density at radius 1 is 1.17 bits per heavy atom. The zero-order chi connectivity index (χ0) is 21.0. The summed E-state index contributed by atoms with van der Waals surface area (Å²) in [5, 5.41) is 3.60. The van der Waals surface area contributed by atoms with Crippen LogP contribution in [0.5, 0.6) is 0 Å². The van der Waals surface area contributed by atoms with Gasteiger partial charge in [-0.3, -0.25) is 14.2 Å². The van der Waals surface area contributed by atoms with Crippen LogP contribution in [0.15, 0.2) is 58.5 Å². The lowest BCUT2D eigenvalue weighted by atomic mass is 10.1. The highest BCUT2D eigenvalue weighted by Crippen LogP contribution is 2.24. The summed E-state index contributed by atoms with van der Waals surface area (Å²) in [7, 11) is 0. The van der Waals surface area contributed by atoms with Crippen LogP contribution in [0.3, 0.4) is 0 Å². The van der Waals surface area contributed by atoms with E-state index < -0.39 is 5.25 Å². The maximum Gasteiger partial charge on any atom is 0.262 e. The predicted octanol–water partition coefficient (Wildman–Crippen LogP) is 4.30. The molecule has 0 unspecified atom stereocenters. The number of hydrogen-bond acceptors (Lipinski definition) is 4. The lowest BCUT2D eigenvalue weighted by Gasteiger charge is -2.19. The summed E-state index contributed by atoms with van der Waals surface area (Å²) in [6.45, 7) is 6.18. The second kappa shape index (κ2) is 9.22. The molecule has 1 heterocycles. The van der Waals surface area contributed by atoms with Crippen molar-refractivity contribution in [3.63, 3.8) is 0 Å². The van der Waals surface area contributed by atoms with Crippen LogP contribution in [0, 0.1) is 5.82 Å². The second-order valence-corrected chi connectivity index (χ2v) is 8.22. The number of carbonyl (C=O) groups excluding carboxylic acids is 1. The van der Waals surface area contributed by atoms with E-state index in [-0.39, 0.29) is 23.3 Å². The molecule has 0 saturated carbocycles. The number of para-hydroxylation sites is 1. The highest BCUT2D eigenvalue weighted by Gasteiger charge is 2.21. The molecule has 0 aliphatic rings. The predicted molar refractivity (Wildman–Crippen MR) is 115 cm³/mol. The van der Waals surface area contributed by atoms with Crippen LogP contribution < -0.4 is 10.9 Å². The van der Waals surface area contributed by atoms with Crippen molar-refractivity contribution in [3.05, 3.63) is 70.3 Å². The Kier molecular flexibility index (Phi) is 6.69.